The fourth-order valence-corrected chi connectivity index (χ4v) is 2.14. The molecule has 0 aliphatic rings. The van der Waals surface area contributed by atoms with Crippen molar-refractivity contribution in [1.82, 2.24) is 4.72 Å². The summed E-state index contributed by atoms with van der Waals surface area (Å²) in [5, 5.41) is 0. The third-order valence-electron chi connectivity index (χ3n) is 2.17. The smallest absolute Gasteiger partial charge is 0.392 e. The van der Waals surface area contributed by atoms with Gasteiger partial charge in [0.1, 0.15) is 10.6 Å². The number of ether oxygens (including phenoxy) is 1. The number of hydrogen-bond acceptors (Lipinski definition) is 4. The molecule has 3 N–H and O–H groups in total. The van der Waals surface area contributed by atoms with Crippen LogP contribution in [0.5, 0.6) is 5.75 Å². The van der Waals surface area contributed by atoms with Gasteiger partial charge in [-0.3, -0.25) is 0 Å². The molecular formula is C10H13F3N2O3S. The second kappa shape index (κ2) is 5.66. The van der Waals surface area contributed by atoms with Crippen molar-refractivity contribution in [3.05, 3.63) is 18.2 Å². The number of nitrogens with two attached hydrogens (primary N) is 1. The normalized spacial score (nSPS) is 12.4. The number of rotatable bonds is 5. The van der Waals surface area contributed by atoms with E-state index in [1.54, 1.807) is 0 Å². The van der Waals surface area contributed by atoms with Gasteiger partial charge in [0.05, 0.1) is 13.0 Å². The first-order valence-corrected chi connectivity index (χ1v) is 6.66. The number of benzene rings is 1. The Morgan fingerprint density at radius 2 is 2.00 bits per heavy atom. The van der Waals surface area contributed by atoms with E-state index in [-0.39, 0.29) is 16.3 Å². The summed E-state index contributed by atoms with van der Waals surface area (Å²) in [6.07, 6.45) is -5.54. The van der Waals surface area contributed by atoms with E-state index in [2.05, 4.69) is 0 Å². The van der Waals surface area contributed by atoms with E-state index in [1.807, 2.05) is 4.72 Å². The van der Waals surface area contributed by atoms with E-state index >= 15 is 0 Å². The van der Waals surface area contributed by atoms with Crippen LogP contribution < -0.4 is 15.2 Å². The molecule has 0 bridgehead atoms. The van der Waals surface area contributed by atoms with Gasteiger partial charge in [-0.1, -0.05) is 0 Å². The third-order valence-corrected chi connectivity index (χ3v) is 3.60. The van der Waals surface area contributed by atoms with E-state index in [0.717, 1.165) is 6.07 Å². The molecule has 1 aromatic carbocycles. The molecule has 0 saturated heterocycles. The molecule has 1 aromatic rings. The van der Waals surface area contributed by atoms with Gasteiger partial charge >= 0.3 is 6.18 Å². The molecule has 108 valence electrons. The summed E-state index contributed by atoms with van der Waals surface area (Å²) >= 11 is 0. The van der Waals surface area contributed by atoms with Crippen molar-refractivity contribution in [1.29, 1.82) is 0 Å². The summed E-state index contributed by atoms with van der Waals surface area (Å²) in [6, 6.07) is 3.68. The van der Waals surface area contributed by atoms with Gasteiger partial charge in [-0.2, -0.15) is 13.2 Å². The van der Waals surface area contributed by atoms with Crippen LogP contribution in [0.25, 0.3) is 0 Å². The second-order valence-corrected chi connectivity index (χ2v) is 5.48. The fraction of sp³-hybridized carbons (Fsp3) is 0.400. The minimum absolute atomic E-state index is 0.164. The molecular weight excluding hydrogens is 285 g/mol. The predicted molar refractivity (Wildman–Crippen MR) is 63.3 cm³/mol. The molecule has 0 heterocycles. The van der Waals surface area contributed by atoms with Crippen LogP contribution >= 0.6 is 0 Å². The first-order valence-electron chi connectivity index (χ1n) is 5.18. The van der Waals surface area contributed by atoms with Gasteiger partial charge in [-0.15, -0.1) is 0 Å². The van der Waals surface area contributed by atoms with Crippen molar-refractivity contribution in [2.24, 2.45) is 0 Å². The highest BCUT2D eigenvalue weighted by molar-refractivity contribution is 7.89. The molecule has 0 fully saturated rings. The van der Waals surface area contributed by atoms with Crippen LogP contribution in [-0.2, 0) is 10.0 Å². The van der Waals surface area contributed by atoms with Crippen molar-refractivity contribution in [3.8, 4) is 5.75 Å². The predicted octanol–water partition coefficient (Wildman–Crippen LogP) is 1.51. The standard InChI is InChI=1S/C10H13F3N2O3S/c1-15-19(16,17)9-6-7(14)2-3-8(9)18-5-4-10(11,12)13/h2-3,6,15H,4-5,14H2,1H3. The minimum atomic E-state index is -4.37. The molecule has 0 saturated carbocycles. The number of halogens is 3. The van der Waals surface area contributed by atoms with E-state index in [0.29, 0.717) is 0 Å². The Morgan fingerprint density at radius 1 is 1.37 bits per heavy atom. The minimum Gasteiger partial charge on any atom is -0.492 e. The number of sulfonamides is 1. The molecule has 5 nitrogen and oxygen atoms in total. The zero-order valence-corrected chi connectivity index (χ0v) is 10.8. The summed E-state index contributed by atoms with van der Waals surface area (Å²) in [4.78, 5) is -0.294. The molecule has 0 aliphatic heterocycles. The summed E-state index contributed by atoms with van der Waals surface area (Å²) in [5.41, 5.74) is 5.61. The maximum absolute atomic E-state index is 12.0. The Bertz CT molecular complexity index is 543. The Hall–Kier alpha value is -1.48. The summed E-state index contributed by atoms with van der Waals surface area (Å²) in [5.74, 6) is -0.173. The molecule has 9 heteroatoms. The van der Waals surface area contributed by atoms with Gasteiger partial charge in [0.15, 0.2) is 0 Å². The van der Waals surface area contributed by atoms with Crippen molar-refractivity contribution in [2.45, 2.75) is 17.5 Å². The first-order chi connectivity index (χ1) is 8.65. The molecule has 0 unspecified atom stereocenters. The topological polar surface area (TPSA) is 81.4 Å². The lowest BCUT2D eigenvalue weighted by Gasteiger charge is -2.13. The van der Waals surface area contributed by atoms with Crippen LogP contribution in [0.1, 0.15) is 6.42 Å². The first kappa shape index (κ1) is 15.6. The Labute approximate surface area is 108 Å². The summed E-state index contributed by atoms with van der Waals surface area (Å²) in [6.45, 7) is -0.667. The molecule has 1 rings (SSSR count). The van der Waals surface area contributed by atoms with Crippen LogP contribution in [0.15, 0.2) is 23.1 Å². The van der Waals surface area contributed by atoms with Crippen molar-refractivity contribution >= 4 is 15.7 Å². The molecule has 0 spiro atoms. The van der Waals surface area contributed by atoms with Crippen molar-refractivity contribution in [2.75, 3.05) is 19.4 Å². The van der Waals surface area contributed by atoms with Gasteiger partial charge in [-0.25, -0.2) is 13.1 Å². The van der Waals surface area contributed by atoms with Crippen LogP contribution in [0.3, 0.4) is 0 Å². The number of anilines is 1. The van der Waals surface area contributed by atoms with Gasteiger partial charge < -0.3 is 10.5 Å². The Kier molecular flexibility index (Phi) is 4.64. The van der Waals surface area contributed by atoms with Crippen LogP contribution in [-0.4, -0.2) is 28.2 Å². The van der Waals surface area contributed by atoms with Crippen LogP contribution in [0.2, 0.25) is 0 Å². The van der Waals surface area contributed by atoms with Gasteiger partial charge in [0, 0.05) is 5.69 Å². The SMILES string of the molecule is CNS(=O)(=O)c1cc(N)ccc1OCCC(F)(F)F. The summed E-state index contributed by atoms with van der Waals surface area (Å²) in [7, 11) is -2.67. The quantitative estimate of drug-likeness (QED) is 0.807. The highest BCUT2D eigenvalue weighted by Gasteiger charge is 2.27. The van der Waals surface area contributed by atoms with E-state index < -0.39 is 29.2 Å². The number of nitrogens with one attached hydrogen (secondary N) is 1. The van der Waals surface area contributed by atoms with Crippen LogP contribution in [0, 0.1) is 0 Å². The zero-order chi connectivity index (χ0) is 14.7. The number of nitrogen functional groups attached to an aromatic ring is 1. The van der Waals surface area contributed by atoms with Crippen molar-refractivity contribution < 1.29 is 26.3 Å². The number of alkyl halides is 3. The van der Waals surface area contributed by atoms with Gasteiger partial charge in [-0.05, 0) is 25.2 Å². The highest BCUT2D eigenvalue weighted by Crippen LogP contribution is 2.27. The Morgan fingerprint density at radius 3 is 2.53 bits per heavy atom. The van der Waals surface area contributed by atoms with E-state index in [9.17, 15) is 21.6 Å². The van der Waals surface area contributed by atoms with E-state index in [1.165, 1.54) is 19.2 Å². The third kappa shape index (κ3) is 4.60. The van der Waals surface area contributed by atoms with Crippen molar-refractivity contribution in [3.63, 3.8) is 0 Å². The average Bonchev–Trinajstić information content (AvgIpc) is 2.29. The highest BCUT2D eigenvalue weighted by atomic mass is 32.2. The number of hydrogen-bond donors (Lipinski definition) is 2. The lowest BCUT2D eigenvalue weighted by Crippen LogP contribution is -2.20. The van der Waals surface area contributed by atoms with Crippen LogP contribution in [0.4, 0.5) is 18.9 Å². The largest absolute Gasteiger partial charge is 0.492 e. The summed E-state index contributed by atoms with van der Waals surface area (Å²) < 4.78 is 66.2. The average molecular weight is 298 g/mol. The molecule has 0 atom stereocenters. The lowest BCUT2D eigenvalue weighted by atomic mass is 10.3. The molecule has 0 radical (unpaired) electrons. The maximum Gasteiger partial charge on any atom is 0.392 e. The lowest BCUT2D eigenvalue weighted by molar-refractivity contribution is -0.139. The van der Waals surface area contributed by atoms with E-state index in [4.69, 9.17) is 10.5 Å². The molecule has 19 heavy (non-hydrogen) atoms. The second-order valence-electron chi connectivity index (χ2n) is 3.63. The molecule has 0 amide bonds. The van der Waals surface area contributed by atoms with Gasteiger partial charge in [0.25, 0.3) is 0 Å². The fourth-order valence-electron chi connectivity index (χ4n) is 1.24. The van der Waals surface area contributed by atoms with Gasteiger partial charge in [0.2, 0.25) is 10.0 Å². The Balaban J connectivity index is 2.96. The molecule has 0 aliphatic carbocycles. The monoisotopic (exact) mass is 298 g/mol. The maximum atomic E-state index is 12.0. The molecule has 0 aromatic heterocycles. The zero-order valence-electron chi connectivity index (χ0n) is 9.99.